The first kappa shape index (κ1) is 15.9. The topological polar surface area (TPSA) is 34.0 Å². The van der Waals surface area contributed by atoms with Crippen molar-refractivity contribution < 1.29 is 0 Å². The van der Waals surface area contributed by atoms with Gasteiger partial charge in [0.1, 0.15) is 11.6 Å². The minimum absolute atomic E-state index is 0.506. The van der Waals surface area contributed by atoms with Crippen molar-refractivity contribution in [2.24, 2.45) is 5.92 Å². The number of hydrogen-bond donors (Lipinski definition) is 0. The van der Waals surface area contributed by atoms with Gasteiger partial charge in [0.15, 0.2) is 0 Å². The van der Waals surface area contributed by atoms with Gasteiger partial charge in [0.05, 0.1) is 5.52 Å². The zero-order chi connectivity index (χ0) is 17.5. The molecule has 5 rings (SSSR count). The predicted octanol–water partition coefficient (Wildman–Crippen LogP) is 4.53. The molecule has 2 fully saturated rings. The molecule has 2 aromatic heterocycles. The molecule has 134 valence electrons. The third-order valence-electron chi connectivity index (χ3n) is 5.92. The molecule has 1 aliphatic carbocycles. The quantitative estimate of drug-likeness (QED) is 0.696. The first-order chi connectivity index (χ1) is 12.8. The first-order valence-corrected chi connectivity index (χ1v) is 9.90. The van der Waals surface area contributed by atoms with E-state index in [4.69, 9.17) is 9.97 Å². The number of fused-ring (bicyclic) bond motifs is 1. The van der Waals surface area contributed by atoms with Gasteiger partial charge < -0.3 is 9.47 Å². The van der Waals surface area contributed by atoms with Crippen LogP contribution in [0.3, 0.4) is 0 Å². The van der Waals surface area contributed by atoms with E-state index in [1.54, 1.807) is 0 Å². The molecular weight excluding hydrogens is 320 g/mol. The van der Waals surface area contributed by atoms with Crippen molar-refractivity contribution in [3.63, 3.8) is 0 Å². The summed E-state index contributed by atoms with van der Waals surface area (Å²) >= 11 is 0. The van der Waals surface area contributed by atoms with Gasteiger partial charge in [0, 0.05) is 43.3 Å². The molecular formula is C22H26N4. The molecule has 1 saturated heterocycles. The zero-order valence-corrected chi connectivity index (χ0v) is 15.4. The number of hydrogen-bond acceptors (Lipinski definition) is 3. The van der Waals surface area contributed by atoms with E-state index < -0.39 is 0 Å². The van der Waals surface area contributed by atoms with E-state index in [0.717, 1.165) is 36.9 Å². The lowest BCUT2D eigenvalue weighted by atomic mass is 9.96. The Morgan fingerprint density at radius 2 is 2.04 bits per heavy atom. The summed E-state index contributed by atoms with van der Waals surface area (Å²) in [6, 6.07) is 10.7. The molecule has 1 aliphatic heterocycles. The van der Waals surface area contributed by atoms with Crippen molar-refractivity contribution in [3.05, 3.63) is 54.1 Å². The molecule has 1 saturated carbocycles. The Kier molecular flexibility index (Phi) is 3.92. The van der Waals surface area contributed by atoms with Crippen LogP contribution >= 0.6 is 0 Å². The molecule has 0 N–H and O–H groups in total. The van der Waals surface area contributed by atoms with E-state index in [0.29, 0.717) is 5.92 Å². The predicted molar refractivity (Wildman–Crippen MR) is 106 cm³/mol. The molecule has 2 aliphatic rings. The zero-order valence-electron chi connectivity index (χ0n) is 15.4. The van der Waals surface area contributed by atoms with Crippen molar-refractivity contribution in [2.75, 3.05) is 18.0 Å². The van der Waals surface area contributed by atoms with Gasteiger partial charge in [0.25, 0.3) is 0 Å². The molecule has 1 aromatic carbocycles. The van der Waals surface area contributed by atoms with Crippen LogP contribution in [0.1, 0.15) is 43.0 Å². The van der Waals surface area contributed by atoms with Gasteiger partial charge in [0.2, 0.25) is 0 Å². The SMILES string of the molecule is Cc1cc(N2CCCC(c3nccn3CC3CC3)C2)nc2ccccc12. The number of para-hydroxylation sites is 1. The van der Waals surface area contributed by atoms with Gasteiger partial charge in [-0.2, -0.15) is 0 Å². The molecule has 1 unspecified atom stereocenters. The maximum Gasteiger partial charge on any atom is 0.129 e. The summed E-state index contributed by atoms with van der Waals surface area (Å²) in [7, 11) is 0. The Morgan fingerprint density at radius 1 is 1.15 bits per heavy atom. The summed E-state index contributed by atoms with van der Waals surface area (Å²) in [4.78, 5) is 12.1. The number of aryl methyl sites for hydroxylation is 1. The van der Waals surface area contributed by atoms with Gasteiger partial charge in [-0.3, -0.25) is 0 Å². The average Bonchev–Trinajstić information content (AvgIpc) is 3.37. The van der Waals surface area contributed by atoms with E-state index >= 15 is 0 Å². The molecule has 0 radical (unpaired) electrons. The molecule has 0 spiro atoms. The molecule has 0 amide bonds. The van der Waals surface area contributed by atoms with Crippen molar-refractivity contribution in [2.45, 2.75) is 45.1 Å². The smallest absolute Gasteiger partial charge is 0.129 e. The Morgan fingerprint density at radius 3 is 2.92 bits per heavy atom. The van der Waals surface area contributed by atoms with E-state index in [-0.39, 0.29) is 0 Å². The highest BCUT2D eigenvalue weighted by Gasteiger charge is 2.28. The number of imidazole rings is 1. The molecule has 3 heterocycles. The summed E-state index contributed by atoms with van der Waals surface area (Å²) in [5.74, 6) is 3.78. The summed E-state index contributed by atoms with van der Waals surface area (Å²) < 4.78 is 2.41. The molecule has 4 heteroatoms. The Balaban J connectivity index is 1.41. The lowest BCUT2D eigenvalue weighted by Gasteiger charge is -2.34. The van der Waals surface area contributed by atoms with Gasteiger partial charge in [-0.25, -0.2) is 9.97 Å². The first-order valence-electron chi connectivity index (χ1n) is 9.90. The third-order valence-corrected chi connectivity index (χ3v) is 5.92. The highest BCUT2D eigenvalue weighted by atomic mass is 15.2. The minimum Gasteiger partial charge on any atom is -0.356 e. The lowest BCUT2D eigenvalue weighted by Crippen LogP contribution is -2.36. The van der Waals surface area contributed by atoms with Crippen LogP contribution < -0.4 is 4.90 Å². The number of piperidine rings is 1. The van der Waals surface area contributed by atoms with Crippen LogP contribution in [0.5, 0.6) is 0 Å². The number of rotatable bonds is 4. The summed E-state index contributed by atoms with van der Waals surface area (Å²) in [6.07, 6.45) is 9.35. The Labute approximate surface area is 154 Å². The number of nitrogens with zero attached hydrogens (tertiary/aromatic N) is 4. The molecule has 26 heavy (non-hydrogen) atoms. The normalized spacial score (nSPS) is 20.7. The van der Waals surface area contributed by atoms with Crippen molar-refractivity contribution >= 4 is 16.7 Å². The van der Waals surface area contributed by atoms with Crippen LogP contribution in [0, 0.1) is 12.8 Å². The van der Waals surface area contributed by atoms with E-state index in [1.165, 1.54) is 42.5 Å². The fourth-order valence-corrected chi connectivity index (χ4v) is 4.30. The monoisotopic (exact) mass is 346 g/mol. The van der Waals surface area contributed by atoms with Gasteiger partial charge >= 0.3 is 0 Å². The second kappa shape index (κ2) is 6.42. The van der Waals surface area contributed by atoms with Crippen LogP contribution in [0.2, 0.25) is 0 Å². The second-order valence-corrected chi connectivity index (χ2v) is 7.98. The summed E-state index contributed by atoms with van der Waals surface area (Å²) in [5.41, 5.74) is 2.41. The Bertz CT molecular complexity index is 925. The maximum atomic E-state index is 4.96. The van der Waals surface area contributed by atoms with Crippen LogP contribution in [-0.4, -0.2) is 27.6 Å². The number of aromatic nitrogens is 3. The standard InChI is InChI=1S/C22H26N4/c1-16-13-21(24-20-7-3-2-6-19(16)20)25-11-4-5-18(15-25)22-23-10-12-26(22)14-17-8-9-17/h2-3,6-7,10,12-13,17-18H,4-5,8-9,11,14-15H2,1H3. The van der Waals surface area contributed by atoms with Crippen LogP contribution in [-0.2, 0) is 6.54 Å². The molecule has 1 atom stereocenters. The van der Waals surface area contributed by atoms with Crippen LogP contribution in [0.4, 0.5) is 5.82 Å². The molecule has 3 aromatic rings. The summed E-state index contributed by atoms with van der Waals surface area (Å²) in [5, 5.41) is 1.25. The summed E-state index contributed by atoms with van der Waals surface area (Å²) in [6.45, 7) is 5.45. The number of pyridine rings is 1. The van der Waals surface area contributed by atoms with Gasteiger partial charge in [-0.15, -0.1) is 0 Å². The number of anilines is 1. The minimum atomic E-state index is 0.506. The lowest BCUT2D eigenvalue weighted by molar-refractivity contribution is 0.462. The fourth-order valence-electron chi connectivity index (χ4n) is 4.30. The number of benzene rings is 1. The second-order valence-electron chi connectivity index (χ2n) is 7.98. The van der Waals surface area contributed by atoms with Crippen molar-refractivity contribution in [1.29, 1.82) is 0 Å². The maximum absolute atomic E-state index is 4.96. The average molecular weight is 346 g/mol. The Hall–Kier alpha value is -2.36. The van der Waals surface area contributed by atoms with Crippen LogP contribution in [0.15, 0.2) is 42.7 Å². The molecule has 4 nitrogen and oxygen atoms in total. The van der Waals surface area contributed by atoms with Crippen molar-refractivity contribution in [3.8, 4) is 0 Å². The van der Waals surface area contributed by atoms with Crippen molar-refractivity contribution in [1.82, 2.24) is 14.5 Å². The van der Waals surface area contributed by atoms with E-state index in [1.807, 2.05) is 6.20 Å². The largest absolute Gasteiger partial charge is 0.356 e. The fraction of sp³-hybridized carbons (Fsp3) is 0.455. The highest BCUT2D eigenvalue weighted by Crippen LogP contribution is 2.34. The highest BCUT2D eigenvalue weighted by molar-refractivity contribution is 5.83. The van der Waals surface area contributed by atoms with E-state index in [9.17, 15) is 0 Å². The van der Waals surface area contributed by atoms with Crippen LogP contribution in [0.25, 0.3) is 10.9 Å². The van der Waals surface area contributed by atoms with E-state index in [2.05, 4.69) is 52.9 Å². The third kappa shape index (κ3) is 2.98. The molecule has 0 bridgehead atoms. The van der Waals surface area contributed by atoms with Gasteiger partial charge in [-0.05, 0) is 56.2 Å². The van der Waals surface area contributed by atoms with Gasteiger partial charge in [-0.1, -0.05) is 18.2 Å².